The molecule has 0 aromatic carbocycles. The van der Waals surface area contributed by atoms with Crippen LogP contribution >= 0.6 is 0 Å². The normalized spacial score (nSPS) is 52.1. The summed E-state index contributed by atoms with van der Waals surface area (Å²) in [4.78, 5) is 25.4. The minimum Gasteiger partial charge on any atom is -0.272 e. The Balaban J connectivity index is 1.01. The molecule has 6 fully saturated rings. The van der Waals surface area contributed by atoms with Gasteiger partial charge in [-0.25, -0.2) is 0 Å². The van der Waals surface area contributed by atoms with E-state index < -0.39 is 33.8 Å². The molecule has 0 aromatic heterocycles. The van der Waals surface area contributed by atoms with Gasteiger partial charge < -0.3 is 0 Å². The summed E-state index contributed by atoms with van der Waals surface area (Å²) in [6.45, 7) is 0. The molecule has 0 N–H and O–H groups in total. The Kier molecular flexibility index (Phi) is 3.66. The first-order valence-electron chi connectivity index (χ1n) is 11.9. The summed E-state index contributed by atoms with van der Waals surface area (Å²) in [5.74, 6) is 3.75. The van der Waals surface area contributed by atoms with Crippen LogP contribution in [0.25, 0.3) is 0 Å². The smallest absolute Gasteiger partial charge is 0.272 e. The van der Waals surface area contributed by atoms with Crippen molar-refractivity contribution >= 4 is 21.9 Å². The van der Waals surface area contributed by atoms with E-state index >= 15 is 0 Å². The highest BCUT2D eigenvalue weighted by atomic mass is 32.2. The van der Waals surface area contributed by atoms with Gasteiger partial charge in [0.1, 0.15) is 0 Å². The Morgan fingerprint density at radius 2 is 1.53 bits per heavy atom. The molecule has 7 rings (SSSR count). The zero-order valence-corrected chi connectivity index (χ0v) is 17.9. The summed E-state index contributed by atoms with van der Waals surface area (Å²) in [6.07, 6.45) is 12.1. The third-order valence-corrected chi connectivity index (χ3v) is 11.3. The fourth-order valence-corrected chi connectivity index (χ4v) is 10.5. The number of nitrogens with zero attached hydrogens (tertiary/aromatic N) is 1. The Labute approximate surface area is 177 Å². The lowest BCUT2D eigenvalue weighted by Gasteiger charge is -2.38. The zero-order valence-electron chi connectivity index (χ0n) is 17.1. The van der Waals surface area contributed by atoms with Crippen LogP contribution in [0.2, 0.25) is 0 Å². The van der Waals surface area contributed by atoms with Gasteiger partial charge in [0.25, 0.3) is 21.9 Å². The third kappa shape index (κ3) is 2.31. The number of hydrogen-bond acceptors (Lipinski definition) is 5. The summed E-state index contributed by atoms with van der Waals surface area (Å²) in [6, 6.07) is 0. The van der Waals surface area contributed by atoms with Crippen LogP contribution in [0.15, 0.2) is 12.2 Å². The molecule has 7 aliphatic rings. The van der Waals surface area contributed by atoms with Crippen LogP contribution in [0, 0.1) is 65.1 Å². The van der Waals surface area contributed by atoms with Crippen molar-refractivity contribution in [2.24, 2.45) is 65.1 Å². The van der Waals surface area contributed by atoms with Gasteiger partial charge in [-0.3, -0.25) is 9.59 Å². The number of carbonyl (C=O) groups excluding carboxylic acids is 2. The van der Waals surface area contributed by atoms with Gasteiger partial charge in [-0.2, -0.15) is 8.42 Å². The molecule has 6 bridgehead atoms. The molecule has 6 nitrogen and oxygen atoms in total. The van der Waals surface area contributed by atoms with Gasteiger partial charge in [0.05, 0.1) is 17.6 Å². The van der Waals surface area contributed by atoms with Gasteiger partial charge in [0, 0.05) is 0 Å². The molecule has 0 radical (unpaired) electrons. The number of imide groups is 1. The maximum absolute atomic E-state index is 12.7. The van der Waals surface area contributed by atoms with Gasteiger partial charge in [-0.1, -0.05) is 12.2 Å². The van der Waals surface area contributed by atoms with Crippen molar-refractivity contribution in [1.29, 1.82) is 0 Å². The molecule has 0 spiro atoms. The monoisotopic (exact) mass is 431 g/mol. The fourth-order valence-electron chi connectivity index (χ4n) is 9.43. The Morgan fingerprint density at radius 1 is 0.867 bits per heavy atom. The number of rotatable bonds is 5. The van der Waals surface area contributed by atoms with Crippen molar-refractivity contribution in [2.75, 3.05) is 5.75 Å². The minimum atomic E-state index is -3.95. The van der Waals surface area contributed by atoms with Crippen LogP contribution in [0.1, 0.15) is 44.9 Å². The SMILES string of the molecule is O=C1C2C3C=CC(C3)C2C(=O)N1OS(=O)(=O)CCC1CC2CC1C1C3CCC(C3)C21. The Hall–Kier alpha value is -1.21. The lowest BCUT2D eigenvalue weighted by Crippen LogP contribution is -2.37. The predicted molar refractivity (Wildman–Crippen MR) is 107 cm³/mol. The molecule has 11 atom stereocenters. The summed E-state index contributed by atoms with van der Waals surface area (Å²) >= 11 is 0. The minimum absolute atomic E-state index is 0.0523. The van der Waals surface area contributed by atoms with E-state index in [4.69, 9.17) is 4.28 Å². The number of allylic oxidation sites excluding steroid dienone is 2. The van der Waals surface area contributed by atoms with Crippen LogP contribution in [0.4, 0.5) is 0 Å². The average molecular weight is 432 g/mol. The lowest BCUT2D eigenvalue weighted by molar-refractivity contribution is -0.166. The van der Waals surface area contributed by atoms with E-state index in [2.05, 4.69) is 0 Å². The van der Waals surface area contributed by atoms with Crippen LogP contribution in [0.3, 0.4) is 0 Å². The quantitative estimate of drug-likeness (QED) is 0.380. The van der Waals surface area contributed by atoms with Crippen molar-refractivity contribution < 1.29 is 22.3 Å². The van der Waals surface area contributed by atoms with Crippen molar-refractivity contribution in [1.82, 2.24) is 5.06 Å². The largest absolute Gasteiger partial charge is 0.288 e. The second-order valence-corrected chi connectivity index (χ2v) is 12.9. The molecule has 6 aliphatic carbocycles. The van der Waals surface area contributed by atoms with E-state index in [1.807, 2.05) is 12.2 Å². The van der Waals surface area contributed by atoms with Crippen LogP contribution in [-0.4, -0.2) is 31.0 Å². The molecular formula is C23H29NO5S. The number of amides is 2. The van der Waals surface area contributed by atoms with E-state index in [-0.39, 0.29) is 17.6 Å². The van der Waals surface area contributed by atoms with E-state index in [9.17, 15) is 18.0 Å². The Morgan fingerprint density at radius 3 is 2.23 bits per heavy atom. The van der Waals surface area contributed by atoms with Gasteiger partial charge in [-0.05, 0) is 98.2 Å². The zero-order chi connectivity index (χ0) is 20.4. The third-order valence-electron chi connectivity index (χ3n) is 10.2. The summed E-state index contributed by atoms with van der Waals surface area (Å²) in [5.41, 5.74) is 0. The van der Waals surface area contributed by atoms with Crippen molar-refractivity contribution in [3.63, 3.8) is 0 Å². The first-order chi connectivity index (χ1) is 14.4. The predicted octanol–water partition coefficient (Wildman–Crippen LogP) is 2.76. The van der Waals surface area contributed by atoms with Gasteiger partial charge in [-0.15, -0.1) is 9.35 Å². The van der Waals surface area contributed by atoms with Crippen molar-refractivity contribution in [3.05, 3.63) is 12.2 Å². The van der Waals surface area contributed by atoms with Crippen LogP contribution < -0.4 is 0 Å². The highest BCUT2D eigenvalue weighted by Gasteiger charge is 2.63. The molecule has 7 heteroatoms. The molecule has 1 heterocycles. The highest BCUT2D eigenvalue weighted by molar-refractivity contribution is 7.86. The number of hydrogen-bond donors (Lipinski definition) is 0. The molecule has 1 saturated heterocycles. The van der Waals surface area contributed by atoms with E-state index in [0.717, 1.165) is 42.4 Å². The summed E-state index contributed by atoms with van der Waals surface area (Å²) in [7, 11) is -3.95. The highest BCUT2D eigenvalue weighted by Crippen LogP contribution is 2.69. The van der Waals surface area contributed by atoms with Crippen LogP contribution in [0.5, 0.6) is 0 Å². The first-order valence-corrected chi connectivity index (χ1v) is 13.5. The molecule has 0 aromatic rings. The second-order valence-electron chi connectivity index (χ2n) is 11.2. The van der Waals surface area contributed by atoms with Crippen molar-refractivity contribution in [3.8, 4) is 0 Å². The summed E-state index contributed by atoms with van der Waals surface area (Å²) < 4.78 is 30.6. The molecular weight excluding hydrogens is 402 g/mol. The maximum atomic E-state index is 12.7. The van der Waals surface area contributed by atoms with Crippen molar-refractivity contribution in [2.45, 2.75) is 44.9 Å². The number of hydroxylamine groups is 2. The Bertz CT molecular complexity index is 929. The molecule has 1 aliphatic heterocycles. The molecule has 30 heavy (non-hydrogen) atoms. The standard InChI is InChI=1S/C23H29NO5S/c25-22-20-14-3-4-15(9-14)21(20)23(26)24(22)29-30(27,28)6-5-11-7-16-10-17(11)19-13-2-1-12(8-13)18(16)19/h3-4,11-21H,1-2,5-10H2. The molecule has 162 valence electrons. The van der Waals surface area contributed by atoms with Gasteiger partial charge in [0.2, 0.25) is 0 Å². The topological polar surface area (TPSA) is 80.8 Å². The number of carbonyl (C=O) groups is 2. The lowest BCUT2D eigenvalue weighted by atomic mass is 9.67. The van der Waals surface area contributed by atoms with E-state index in [0.29, 0.717) is 23.3 Å². The first kappa shape index (κ1) is 18.4. The molecule has 2 amide bonds. The van der Waals surface area contributed by atoms with E-state index in [1.54, 1.807) is 0 Å². The molecule has 11 unspecified atom stereocenters. The van der Waals surface area contributed by atoms with E-state index in [1.165, 1.54) is 25.7 Å². The van der Waals surface area contributed by atoms with Gasteiger partial charge in [0.15, 0.2) is 0 Å². The maximum Gasteiger partial charge on any atom is 0.288 e. The van der Waals surface area contributed by atoms with Crippen LogP contribution in [-0.2, 0) is 24.0 Å². The van der Waals surface area contributed by atoms with Gasteiger partial charge >= 0.3 is 0 Å². The molecule has 5 saturated carbocycles. The second kappa shape index (κ2) is 5.97. The number of fused-ring (bicyclic) bond motifs is 14. The fraction of sp³-hybridized carbons (Fsp3) is 0.826. The average Bonchev–Trinajstić information content (AvgIpc) is 3.55. The summed E-state index contributed by atoms with van der Waals surface area (Å²) in [5, 5.41) is 0.587.